The largest absolute Gasteiger partial charge is 0.383 e. The van der Waals surface area contributed by atoms with Crippen LogP contribution in [0.2, 0.25) is 0 Å². The van der Waals surface area contributed by atoms with Gasteiger partial charge in [0.25, 0.3) is 0 Å². The van der Waals surface area contributed by atoms with Crippen molar-refractivity contribution in [2.24, 2.45) is 0 Å². The molecule has 0 saturated heterocycles. The number of halogens is 2. The second-order valence-corrected chi connectivity index (χ2v) is 4.69. The van der Waals surface area contributed by atoms with Crippen LogP contribution < -0.4 is 5.32 Å². The number of hydrogen-bond donors (Lipinski definition) is 1. The summed E-state index contributed by atoms with van der Waals surface area (Å²) in [4.78, 5) is 0. The molecule has 1 rings (SSSR count). The Labute approximate surface area is 110 Å². The van der Waals surface area contributed by atoms with Gasteiger partial charge in [-0.25, -0.2) is 4.39 Å². The Hall–Kier alpha value is -0.710. The molecule has 0 aliphatic carbocycles. The lowest BCUT2D eigenvalue weighted by Gasteiger charge is -2.05. The maximum absolute atomic E-state index is 13.0. The first kappa shape index (κ1) is 14.4. The average molecular weight is 302 g/mol. The number of nitrogens with one attached hydrogen (secondary N) is 1. The van der Waals surface area contributed by atoms with Crippen molar-refractivity contribution in [3.05, 3.63) is 39.6 Å². The first-order chi connectivity index (χ1) is 8.13. The Bertz CT molecular complexity index is 393. The minimum Gasteiger partial charge on any atom is -0.383 e. The van der Waals surface area contributed by atoms with Crippen LogP contribution in [0.15, 0.2) is 28.2 Å². The molecule has 1 aromatic rings. The van der Waals surface area contributed by atoms with Crippen LogP contribution in [-0.2, 0) is 4.74 Å². The van der Waals surface area contributed by atoms with Gasteiger partial charge in [-0.2, -0.15) is 0 Å². The molecule has 0 atom stereocenters. The van der Waals surface area contributed by atoms with E-state index >= 15 is 0 Å². The van der Waals surface area contributed by atoms with Crippen LogP contribution in [0, 0.1) is 5.82 Å². The number of methoxy groups -OCH3 is 1. The van der Waals surface area contributed by atoms with Gasteiger partial charge in [-0.3, -0.25) is 0 Å². The smallest absolute Gasteiger partial charge is 0.137 e. The summed E-state index contributed by atoms with van der Waals surface area (Å²) in [6, 6.07) is 4.99. The maximum atomic E-state index is 13.0. The molecule has 4 heteroatoms. The Morgan fingerprint density at radius 3 is 2.94 bits per heavy atom. The molecule has 0 heterocycles. The molecular formula is C13H17BrFNO. The minimum absolute atomic E-state index is 0.238. The van der Waals surface area contributed by atoms with Crippen LogP contribution in [-0.4, -0.2) is 26.8 Å². The zero-order valence-electron chi connectivity index (χ0n) is 10.1. The van der Waals surface area contributed by atoms with Crippen LogP contribution in [0.3, 0.4) is 0 Å². The van der Waals surface area contributed by atoms with Crippen molar-refractivity contribution in [2.75, 3.05) is 26.8 Å². The molecule has 0 aromatic heterocycles. The van der Waals surface area contributed by atoms with Crippen LogP contribution in [0.5, 0.6) is 0 Å². The highest BCUT2D eigenvalue weighted by Crippen LogP contribution is 2.18. The van der Waals surface area contributed by atoms with E-state index in [1.54, 1.807) is 19.2 Å². The summed E-state index contributed by atoms with van der Waals surface area (Å²) in [5, 5.41) is 3.25. The van der Waals surface area contributed by atoms with E-state index in [9.17, 15) is 4.39 Å². The summed E-state index contributed by atoms with van der Waals surface area (Å²) in [5.41, 5.74) is 2.18. The van der Waals surface area contributed by atoms with Gasteiger partial charge in [0.15, 0.2) is 0 Å². The monoisotopic (exact) mass is 301 g/mol. The van der Waals surface area contributed by atoms with Gasteiger partial charge in [-0.15, -0.1) is 0 Å². The van der Waals surface area contributed by atoms with E-state index < -0.39 is 0 Å². The Balaban J connectivity index is 2.52. The molecule has 0 saturated carbocycles. The van der Waals surface area contributed by atoms with E-state index in [0.29, 0.717) is 11.1 Å². The van der Waals surface area contributed by atoms with Gasteiger partial charge in [0.05, 0.1) is 11.1 Å². The van der Waals surface area contributed by atoms with E-state index in [1.807, 2.05) is 13.0 Å². The lowest BCUT2D eigenvalue weighted by molar-refractivity contribution is 0.200. The molecule has 1 aromatic carbocycles. The maximum Gasteiger partial charge on any atom is 0.137 e. The van der Waals surface area contributed by atoms with E-state index in [4.69, 9.17) is 4.74 Å². The number of benzene rings is 1. The SMILES string of the molecule is COCCNCC(C)=Cc1ccc(F)c(Br)c1. The lowest BCUT2D eigenvalue weighted by Crippen LogP contribution is -2.20. The fourth-order valence-corrected chi connectivity index (χ4v) is 1.79. The number of hydrogen-bond acceptors (Lipinski definition) is 2. The normalized spacial score (nSPS) is 11.9. The van der Waals surface area contributed by atoms with E-state index in [2.05, 4.69) is 21.2 Å². The fraction of sp³-hybridized carbons (Fsp3) is 0.385. The highest BCUT2D eigenvalue weighted by atomic mass is 79.9. The summed E-state index contributed by atoms with van der Waals surface area (Å²) < 4.78 is 18.5. The van der Waals surface area contributed by atoms with E-state index in [0.717, 1.165) is 18.7 Å². The molecule has 0 amide bonds. The molecule has 0 radical (unpaired) electrons. The van der Waals surface area contributed by atoms with E-state index in [1.165, 1.54) is 11.6 Å². The fourth-order valence-electron chi connectivity index (χ4n) is 1.40. The summed E-state index contributed by atoms with van der Waals surface area (Å²) in [6.45, 7) is 4.37. The van der Waals surface area contributed by atoms with Crippen molar-refractivity contribution < 1.29 is 9.13 Å². The number of ether oxygens (including phenoxy) is 1. The molecule has 94 valence electrons. The van der Waals surface area contributed by atoms with Gasteiger partial charge in [0, 0.05) is 20.2 Å². The van der Waals surface area contributed by atoms with Crippen molar-refractivity contribution in [1.82, 2.24) is 5.32 Å². The third kappa shape index (κ3) is 5.44. The second kappa shape index (κ2) is 7.58. The third-order valence-corrected chi connectivity index (χ3v) is 2.85. The Morgan fingerprint density at radius 1 is 1.53 bits per heavy atom. The summed E-state index contributed by atoms with van der Waals surface area (Å²) in [6.07, 6.45) is 2.03. The lowest BCUT2D eigenvalue weighted by atomic mass is 10.1. The summed E-state index contributed by atoms with van der Waals surface area (Å²) in [5.74, 6) is -0.238. The van der Waals surface area contributed by atoms with Crippen molar-refractivity contribution in [2.45, 2.75) is 6.92 Å². The highest BCUT2D eigenvalue weighted by Gasteiger charge is 1.99. The predicted molar refractivity (Wildman–Crippen MR) is 72.5 cm³/mol. The molecule has 0 fully saturated rings. The second-order valence-electron chi connectivity index (χ2n) is 3.83. The van der Waals surface area contributed by atoms with Crippen LogP contribution in [0.4, 0.5) is 4.39 Å². The standard InChI is InChI=1S/C13H17BrFNO/c1-10(9-16-5-6-17-2)7-11-3-4-13(15)12(14)8-11/h3-4,7-8,16H,5-6,9H2,1-2H3. The van der Waals surface area contributed by atoms with Gasteiger partial charge < -0.3 is 10.1 Å². The molecule has 0 unspecified atom stereocenters. The zero-order chi connectivity index (χ0) is 12.7. The minimum atomic E-state index is -0.238. The van der Waals surface area contributed by atoms with E-state index in [-0.39, 0.29) is 5.82 Å². The molecule has 0 bridgehead atoms. The van der Waals surface area contributed by atoms with Crippen LogP contribution in [0.1, 0.15) is 12.5 Å². The predicted octanol–water partition coefficient (Wildman–Crippen LogP) is 3.23. The first-order valence-electron chi connectivity index (χ1n) is 5.45. The summed E-state index contributed by atoms with van der Waals surface area (Å²) in [7, 11) is 1.68. The van der Waals surface area contributed by atoms with Gasteiger partial charge in [0.2, 0.25) is 0 Å². The zero-order valence-corrected chi connectivity index (χ0v) is 11.7. The molecular weight excluding hydrogens is 285 g/mol. The summed E-state index contributed by atoms with van der Waals surface area (Å²) >= 11 is 3.17. The molecule has 1 N–H and O–H groups in total. The van der Waals surface area contributed by atoms with Gasteiger partial charge in [-0.1, -0.05) is 17.7 Å². The van der Waals surface area contributed by atoms with Crippen molar-refractivity contribution in [1.29, 1.82) is 0 Å². The Kier molecular flexibility index (Phi) is 6.40. The van der Waals surface area contributed by atoms with Crippen LogP contribution in [0.25, 0.3) is 6.08 Å². The van der Waals surface area contributed by atoms with Gasteiger partial charge in [0.1, 0.15) is 5.82 Å². The molecule has 17 heavy (non-hydrogen) atoms. The quantitative estimate of drug-likeness (QED) is 0.815. The Morgan fingerprint density at radius 2 is 2.29 bits per heavy atom. The molecule has 2 nitrogen and oxygen atoms in total. The third-order valence-electron chi connectivity index (χ3n) is 2.24. The van der Waals surface area contributed by atoms with Gasteiger partial charge >= 0.3 is 0 Å². The highest BCUT2D eigenvalue weighted by molar-refractivity contribution is 9.10. The van der Waals surface area contributed by atoms with Crippen molar-refractivity contribution >= 4 is 22.0 Å². The van der Waals surface area contributed by atoms with Crippen molar-refractivity contribution in [3.63, 3.8) is 0 Å². The average Bonchev–Trinajstić information content (AvgIpc) is 2.30. The molecule has 0 spiro atoms. The van der Waals surface area contributed by atoms with Gasteiger partial charge in [-0.05, 0) is 40.5 Å². The molecule has 0 aliphatic heterocycles. The molecule has 0 aliphatic rings. The topological polar surface area (TPSA) is 21.3 Å². The number of rotatable bonds is 6. The first-order valence-corrected chi connectivity index (χ1v) is 6.24. The van der Waals surface area contributed by atoms with Crippen LogP contribution >= 0.6 is 15.9 Å². The van der Waals surface area contributed by atoms with Crippen molar-refractivity contribution in [3.8, 4) is 0 Å².